The number of aliphatic hydroxyl groups excluding tert-OH is 2. The highest BCUT2D eigenvalue weighted by Gasteiger charge is 2.43. The number of β-amino-alcohol motifs (C(OH)–C–C–N with tert-alkyl or cyclic N) is 1. The molecular weight excluding hydrogens is 332 g/mol. The molecule has 6 heteroatoms. The lowest BCUT2D eigenvalue weighted by atomic mass is 9.88. The van der Waals surface area contributed by atoms with E-state index in [1.54, 1.807) is 4.90 Å². The van der Waals surface area contributed by atoms with Crippen LogP contribution in [0.15, 0.2) is 30.3 Å². The topological polar surface area (TPSA) is 84.2 Å². The van der Waals surface area contributed by atoms with E-state index in [4.69, 9.17) is 0 Å². The van der Waals surface area contributed by atoms with Crippen LogP contribution in [0.5, 0.6) is 0 Å². The van der Waals surface area contributed by atoms with Gasteiger partial charge in [0, 0.05) is 32.1 Å². The largest absolute Gasteiger partial charge is 0.395 e. The van der Waals surface area contributed by atoms with Crippen LogP contribution in [0, 0.1) is 0 Å². The molecule has 0 spiro atoms. The zero-order valence-electron chi connectivity index (χ0n) is 15.8. The highest BCUT2D eigenvalue weighted by atomic mass is 16.3. The van der Waals surface area contributed by atoms with E-state index < -0.39 is 11.7 Å². The molecule has 1 aliphatic rings. The van der Waals surface area contributed by atoms with Crippen molar-refractivity contribution in [2.24, 2.45) is 0 Å². The van der Waals surface area contributed by atoms with Crippen molar-refractivity contribution in [2.45, 2.75) is 50.9 Å². The van der Waals surface area contributed by atoms with Gasteiger partial charge in [-0.05, 0) is 32.3 Å². The second-order valence-corrected chi connectivity index (χ2v) is 7.50. The van der Waals surface area contributed by atoms with Gasteiger partial charge in [0.25, 0.3) is 0 Å². The van der Waals surface area contributed by atoms with Crippen LogP contribution in [0.1, 0.15) is 32.3 Å². The van der Waals surface area contributed by atoms with E-state index in [-0.39, 0.29) is 31.6 Å². The van der Waals surface area contributed by atoms with Crippen LogP contribution in [-0.2, 0) is 11.2 Å². The summed E-state index contributed by atoms with van der Waals surface area (Å²) in [5.74, 6) is -0.00238. The zero-order valence-corrected chi connectivity index (χ0v) is 15.8. The fraction of sp³-hybridized carbons (Fsp3) is 0.650. The third-order valence-corrected chi connectivity index (χ3v) is 5.17. The fourth-order valence-corrected chi connectivity index (χ4v) is 3.48. The molecule has 2 atom stereocenters. The summed E-state index contributed by atoms with van der Waals surface area (Å²) in [5.41, 5.74) is -0.262. The Morgan fingerprint density at radius 1 is 1.35 bits per heavy atom. The van der Waals surface area contributed by atoms with E-state index in [2.05, 4.69) is 0 Å². The minimum absolute atomic E-state index is 0.00238. The monoisotopic (exact) mass is 364 g/mol. The highest BCUT2D eigenvalue weighted by Crippen LogP contribution is 2.24. The molecule has 1 saturated heterocycles. The minimum Gasteiger partial charge on any atom is -0.395 e. The third kappa shape index (κ3) is 5.51. The van der Waals surface area contributed by atoms with Crippen LogP contribution in [0.3, 0.4) is 0 Å². The second kappa shape index (κ2) is 9.46. The number of aliphatic hydroxyl groups is 3. The molecule has 146 valence electrons. The van der Waals surface area contributed by atoms with Gasteiger partial charge in [0.2, 0.25) is 5.91 Å². The average Bonchev–Trinajstić information content (AvgIpc) is 2.62. The van der Waals surface area contributed by atoms with Crippen LogP contribution >= 0.6 is 0 Å². The number of hydrogen-bond donors (Lipinski definition) is 3. The molecule has 3 N–H and O–H groups in total. The Morgan fingerprint density at radius 3 is 2.65 bits per heavy atom. The number of likely N-dealkylation sites (tertiary alicyclic amines) is 1. The van der Waals surface area contributed by atoms with Crippen molar-refractivity contribution in [1.29, 1.82) is 0 Å². The van der Waals surface area contributed by atoms with Crippen molar-refractivity contribution in [3.63, 3.8) is 0 Å². The third-order valence-electron chi connectivity index (χ3n) is 5.17. The van der Waals surface area contributed by atoms with Crippen molar-refractivity contribution >= 4 is 5.91 Å². The molecule has 26 heavy (non-hydrogen) atoms. The van der Waals surface area contributed by atoms with Crippen molar-refractivity contribution < 1.29 is 20.1 Å². The molecule has 1 aromatic rings. The number of amides is 1. The molecule has 0 aliphatic carbocycles. The summed E-state index contributed by atoms with van der Waals surface area (Å²) in [4.78, 5) is 16.2. The molecule has 0 bridgehead atoms. The van der Waals surface area contributed by atoms with E-state index in [0.717, 1.165) is 5.56 Å². The lowest BCUT2D eigenvalue weighted by Gasteiger charge is -2.45. The lowest BCUT2D eigenvalue weighted by Crippen LogP contribution is -2.63. The number of piperidine rings is 1. The van der Waals surface area contributed by atoms with Crippen LogP contribution in [-0.4, -0.2) is 81.6 Å². The van der Waals surface area contributed by atoms with Crippen molar-refractivity contribution in [3.05, 3.63) is 35.9 Å². The minimum atomic E-state index is -1.37. The Labute approximate surface area is 156 Å². The molecule has 0 aromatic heterocycles. The first-order valence-corrected chi connectivity index (χ1v) is 9.43. The molecule has 2 rings (SSSR count). The smallest absolute Gasteiger partial charge is 0.223 e. The molecule has 1 fully saturated rings. The standard InChI is InChI=1S/C20H32N2O4/c1-16(2)21(12-13-23)14-20(26)15-22(11-10-18(20)24)19(25)9-8-17-6-4-3-5-7-17/h3-7,16,18,23-24,26H,8-15H2,1-2H3/t18-,20+/m0/s1. The maximum Gasteiger partial charge on any atom is 0.223 e. The predicted octanol–water partition coefficient (Wildman–Crippen LogP) is 0.646. The van der Waals surface area contributed by atoms with Crippen molar-refractivity contribution in [3.8, 4) is 0 Å². The summed E-state index contributed by atoms with van der Waals surface area (Å²) >= 11 is 0. The predicted molar refractivity (Wildman–Crippen MR) is 101 cm³/mol. The first kappa shape index (κ1) is 20.8. The number of carbonyl (C=O) groups excluding carboxylic acids is 1. The Kier molecular flexibility index (Phi) is 7.58. The molecule has 0 saturated carbocycles. The van der Waals surface area contributed by atoms with E-state index >= 15 is 0 Å². The number of carbonyl (C=O) groups is 1. The molecule has 0 unspecified atom stereocenters. The van der Waals surface area contributed by atoms with Gasteiger partial charge in [-0.2, -0.15) is 0 Å². The van der Waals surface area contributed by atoms with E-state index in [9.17, 15) is 20.1 Å². The Hall–Kier alpha value is -1.47. The molecule has 1 aliphatic heterocycles. The first-order valence-electron chi connectivity index (χ1n) is 9.43. The van der Waals surface area contributed by atoms with E-state index in [1.165, 1.54) is 0 Å². The molecule has 1 heterocycles. The number of aryl methyl sites for hydroxylation is 1. The SMILES string of the molecule is CC(C)N(CCO)C[C@@]1(O)CN(C(=O)CCc2ccccc2)CC[C@@H]1O. The summed E-state index contributed by atoms with van der Waals surface area (Å²) in [6.45, 7) is 5.19. The van der Waals surface area contributed by atoms with Gasteiger partial charge in [0.15, 0.2) is 0 Å². The highest BCUT2D eigenvalue weighted by molar-refractivity contribution is 5.76. The number of rotatable bonds is 8. The normalized spacial score (nSPS) is 23.7. The summed E-state index contributed by atoms with van der Waals surface area (Å²) in [6.07, 6.45) is 0.541. The quantitative estimate of drug-likeness (QED) is 0.631. The first-order chi connectivity index (χ1) is 12.4. The Balaban J connectivity index is 1.97. The summed E-state index contributed by atoms with van der Waals surface area (Å²) in [5, 5.41) is 30.6. The molecule has 6 nitrogen and oxygen atoms in total. The molecule has 1 aromatic carbocycles. The lowest BCUT2D eigenvalue weighted by molar-refractivity contribution is -0.157. The average molecular weight is 364 g/mol. The van der Waals surface area contributed by atoms with Crippen LogP contribution in [0.25, 0.3) is 0 Å². The number of benzene rings is 1. The van der Waals surface area contributed by atoms with Gasteiger partial charge in [0.1, 0.15) is 5.60 Å². The van der Waals surface area contributed by atoms with Crippen molar-refractivity contribution in [2.75, 3.05) is 32.8 Å². The van der Waals surface area contributed by atoms with Gasteiger partial charge in [-0.1, -0.05) is 30.3 Å². The maximum absolute atomic E-state index is 12.6. The van der Waals surface area contributed by atoms with E-state index in [1.807, 2.05) is 49.1 Å². The molecule has 1 amide bonds. The number of hydrogen-bond acceptors (Lipinski definition) is 5. The Bertz CT molecular complexity index is 566. The summed E-state index contributed by atoms with van der Waals surface area (Å²) in [7, 11) is 0. The van der Waals surface area contributed by atoms with Gasteiger partial charge < -0.3 is 20.2 Å². The van der Waals surface area contributed by atoms with Gasteiger partial charge in [0.05, 0.1) is 19.3 Å². The van der Waals surface area contributed by atoms with Crippen molar-refractivity contribution in [1.82, 2.24) is 9.80 Å². The fourth-order valence-electron chi connectivity index (χ4n) is 3.48. The maximum atomic E-state index is 12.6. The van der Waals surface area contributed by atoms with E-state index in [0.29, 0.717) is 32.4 Å². The summed E-state index contributed by atoms with van der Waals surface area (Å²) < 4.78 is 0. The van der Waals surface area contributed by atoms with Crippen LogP contribution < -0.4 is 0 Å². The van der Waals surface area contributed by atoms with Crippen LogP contribution in [0.2, 0.25) is 0 Å². The Morgan fingerprint density at radius 2 is 2.04 bits per heavy atom. The summed E-state index contributed by atoms with van der Waals surface area (Å²) in [6, 6.07) is 9.99. The van der Waals surface area contributed by atoms with Gasteiger partial charge in [-0.25, -0.2) is 0 Å². The number of nitrogens with zero attached hydrogens (tertiary/aromatic N) is 2. The van der Waals surface area contributed by atoms with Crippen LogP contribution in [0.4, 0.5) is 0 Å². The molecule has 0 radical (unpaired) electrons. The van der Waals surface area contributed by atoms with Gasteiger partial charge in [-0.3, -0.25) is 9.69 Å². The van der Waals surface area contributed by atoms with Gasteiger partial charge in [-0.15, -0.1) is 0 Å². The zero-order chi connectivity index (χ0) is 19.2. The van der Waals surface area contributed by atoms with Gasteiger partial charge >= 0.3 is 0 Å². The second-order valence-electron chi connectivity index (χ2n) is 7.50. The molecular formula is C20H32N2O4.